The monoisotopic (exact) mass is 272 g/mol. The highest BCUT2D eigenvalue weighted by Crippen LogP contribution is 2.26. The molecule has 102 valence electrons. The summed E-state index contributed by atoms with van der Waals surface area (Å²) in [7, 11) is 0. The van der Waals surface area contributed by atoms with Crippen LogP contribution in [0.1, 0.15) is 26.3 Å². The van der Waals surface area contributed by atoms with Crippen LogP contribution in [0.15, 0.2) is 30.3 Å². The summed E-state index contributed by atoms with van der Waals surface area (Å²) in [4.78, 5) is 23.3. The fourth-order valence-electron chi connectivity index (χ4n) is 2.11. The van der Waals surface area contributed by atoms with Crippen molar-refractivity contribution in [1.29, 1.82) is 5.41 Å². The summed E-state index contributed by atoms with van der Waals surface area (Å²) >= 11 is 0. The van der Waals surface area contributed by atoms with E-state index in [1.54, 1.807) is 24.3 Å². The Kier molecular flexibility index (Phi) is 3.36. The first kappa shape index (κ1) is 13.5. The fourth-order valence-corrected chi connectivity index (χ4v) is 2.11. The number of carbonyl (C=O) groups is 2. The SMILES string of the molecule is N=C(N)c1c(C(=O)NN)cc2ccccc2c1C(=O)O. The number of nitrogens with one attached hydrogen (secondary N) is 2. The third-order valence-corrected chi connectivity index (χ3v) is 2.91. The number of carboxylic acids is 1. The summed E-state index contributed by atoms with van der Waals surface area (Å²) in [5.41, 5.74) is 6.99. The van der Waals surface area contributed by atoms with Crippen LogP contribution in [0.4, 0.5) is 0 Å². The van der Waals surface area contributed by atoms with Gasteiger partial charge < -0.3 is 10.8 Å². The van der Waals surface area contributed by atoms with Crippen LogP contribution in [-0.2, 0) is 0 Å². The van der Waals surface area contributed by atoms with Crippen molar-refractivity contribution in [2.45, 2.75) is 0 Å². The number of rotatable bonds is 3. The molecule has 0 aromatic heterocycles. The average molecular weight is 272 g/mol. The number of nitrogens with two attached hydrogens (primary N) is 2. The lowest BCUT2D eigenvalue weighted by Crippen LogP contribution is -2.33. The predicted octanol–water partition coefficient (Wildman–Crippen LogP) is 0.426. The summed E-state index contributed by atoms with van der Waals surface area (Å²) in [5, 5.41) is 17.9. The zero-order valence-corrected chi connectivity index (χ0v) is 10.3. The minimum atomic E-state index is -1.27. The molecule has 0 spiro atoms. The van der Waals surface area contributed by atoms with E-state index in [4.69, 9.17) is 17.0 Å². The van der Waals surface area contributed by atoms with Gasteiger partial charge in [-0.3, -0.25) is 15.6 Å². The molecule has 0 bridgehead atoms. The summed E-state index contributed by atoms with van der Waals surface area (Å²) in [6.45, 7) is 0. The molecule has 2 aromatic carbocycles. The molecule has 0 aliphatic rings. The first-order valence-electron chi connectivity index (χ1n) is 5.61. The Morgan fingerprint density at radius 2 is 1.85 bits per heavy atom. The molecule has 0 radical (unpaired) electrons. The summed E-state index contributed by atoms with van der Waals surface area (Å²) < 4.78 is 0. The number of nitrogen functional groups attached to an aromatic ring is 2. The quantitative estimate of drug-likeness (QED) is 0.181. The standard InChI is InChI=1S/C13H12N4O3/c14-11(15)9-8(12(18)17-16)5-6-3-1-2-4-7(6)10(9)13(19)20/h1-5H,16H2,(H3,14,15)(H,17,18)(H,19,20). The largest absolute Gasteiger partial charge is 0.478 e. The number of carboxylic acid groups (broad SMARTS) is 1. The Bertz CT molecular complexity index is 740. The number of carbonyl (C=O) groups excluding carboxylic acids is 1. The van der Waals surface area contributed by atoms with Crippen molar-refractivity contribution in [1.82, 2.24) is 5.43 Å². The molecule has 1 amide bonds. The molecule has 7 heteroatoms. The molecular formula is C13H12N4O3. The van der Waals surface area contributed by atoms with Crippen LogP contribution in [0.25, 0.3) is 10.8 Å². The van der Waals surface area contributed by atoms with E-state index in [-0.39, 0.29) is 16.7 Å². The van der Waals surface area contributed by atoms with Gasteiger partial charge in [-0.15, -0.1) is 0 Å². The van der Waals surface area contributed by atoms with E-state index in [1.165, 1.54) is 6.07 Å². The lowest BCUT2D eigenvalue weighted by molar-refractivity contribution is 0.0699. The van der Waals surface area contributed by atoms with Gasteiger partial charge in [-0.05, 0) is 16.8 Å². The van der Waals surface area contributed by atoms with E-state index < -0.39 is 17.7 Å². The third kappa shape index (κ3) is 2.06. The lowest BCUT2D eigenvalue weighted by Gasteiger charge is -2.13. The highest BCUT2D eigenvalue weighted by Gasteiger charge is 2.23. The van der Waals surface area contributed by atoms with Crippen LogP contribution in [0.5, 0.6) is 0 Å². The van der Waals surface area contributed by atoms with Gasteiger partial charge in [-0.2, -0.15) is 0 Å². The maximum Gasteiger partial charge on any atom is 0.337 e. The molecule has 2 aromatic rings. The van der Waals surface area contributed by atoms with Gasteiger partial charge in [-0.1, -0.05) is 24.3 Å². The van der Waals surface area contributed by atoms with E-state index in [0.29, 0.717) is 10.8 Å². The minimum absolute atomic E-state index is 0.0453. The van der Waals surface area contributed by atoms with Crippen LogP contribution in [0, 0.1) is 5.41 Å². The topological polar surface area (TPSA) is 142 Å². The molecule has 2 rings (SSSR count). The Labute approximate surface area is 113 Å². The first-order chi connectivity index (χ1) is 9.47. The maximum absolute atomic E-state index is 11.8. The highest BCUT2D eigenvalue weighted by atomic mass is 16.4. The Morgan fingerprint density at radius 3 is 2.40 bits per heavy atom. The number of aromatic carboxylic acids is 1. The number of hydrazine groups is 1. The average Bonchev–Trinajstić information content (AvgIpc) is 2.43. The van der Waals surface area contributed by atoms with Gasteiger partial charge in [-0.25, -0.2) is 10.6 Å². The summed E-state index contributed by atoms with van der Waals surface area (Å²) in [5.74, 6) is 2.61. The Balaban J connectivity index is 2.99. The molecule has 0 saturated carbocycles. The Hall–Kier alpha value is -2.93. The normalized spacial score (nSPS) is 10.2. The number of hydrogen-bond acceptors (Lipinski definition) is 4. The zero-order valence-electron chi connectivity index (χ0n) is 10.3. The van der Waals surface area contributed by atoms with Crippen LogP contribution in [0.3, 0.4) is 0 Å². The molecule has 0 fully saturated rings. The van der Waals surface area contributed by atoms with Gasteiger partial charge in [0.25, 0.3) is 5.91 Å². The number of hydrogen-bond donors (Lipinski definition) is 5. The molecule has 0 saturated heterocycles. The first-order valence-corrected chi connectivity index (χ1v) is 5.61. The second-order valence-electron chi connectivity index (χ2n) is 4.09. The lowest BCUT2D eigenvalue weighted by atomic mass is 9.93. The van der Waals surface area contributed by atoms with Gasteiger partial charge in [0.15, 0.2) is 0 Å². The predicted molar refractivity (Wildman–Crippen MR) is 73.6 cm³/mol. The highest BCUT2D eigenvalue weighted by molar-refractivity contribution is 6.19. The van der Waals surface area contributed by atoms with Crippen molar-refractivity contribution in [3.8, 4) is 0 Å². The number of amidine groups is 1. The molecule has 0 unspecified atom stereocenters. The zero-order chi connectivity index (χ0) is 14.9. The van der Waals surface area contributed by atoms with Crippen LogP contribution < -0.4 is 17.0 Å². The molecule has 7 N–H and O–H groups in total. The Morgan fingerprint density at radius 1 is 1.20 bits per heavy atom. The van der Waals surface area contributed by atoms with E-state index in [2.05, 4.69) is 0 Å². The van der Waals surface area contributed by atoms with Crippen LogP contribution >= 0.6 is 0 Å². The molecule has 0 aliphatic carbocycles. The molecule has 20 heavy (non-hydrogen) atoms. The fraction of sp³-hybridized carbons (Fsp3) is 0. The summed E-state index contributed by atoms with van der Waals surface area (Å²) in [6, 6.07) is 8.10. The second kappa shape index (κ2) is 4.98. The van der Waals surface area contributed by atoms with E-state index >= 15 is 0 Å². The smallest absolute Gasteiger partial charge is 0.337 e. The van der Waals surface area contributed by atoms with Gasteiger partial charge in [0, 0.05) is 5.56 Å². The van der Waals surface area contributed by atoms with Crippen molar-refractivity contribution in [3.05, 3.63) is 47.0 Å². The number of fused-ring (bicyclic) bond motifs is 1. The van der Waals surface area contributed by atoms with Crippen molar-refractivity contribution in [3.63, 3.8) is 0 Å². The molecule has 0 aliphatic heterocycles. The van der Waals surface area contributed by atoms with Crippen LogP contribution in [-0.4, -0.2) is 22.8 Å². The molecular weight excluding hydrogens is 260 g/mol. The minimum Gasteiger partial charge on any atom is -0.478 e. The molecule has 0 atom stereocenters. The van der Waals surface area contributed by atoms with Gasteiger partial charge in [0.05, 0.1) is 11.1 Å². The van der Waals surface area contributed by atoms with Gasteiger partial charge >= 0.3 is 5.97 Å². The third-order valence-electron chi connectivity index (χ3n) is 2.91. The van der Waals surface area contributed by atoms with Crippen molar-refractivity contribution < 1.29 is 14.7 Å². The summed E-state index contributed by atoms with van der Waals surface area (Å²) in [6.07, 6.45) is 0. The van der Waals surface area contributed by atoms with E-state index in [0.717, 1.165) is 0 Å². The van der Waals surface area contributed by atoms with Crippen molar-refractivity contribution in [2.24, 2.45) is 11.6 Å². The maximum atomic E-state index is 11.8. The van der Waals surface area contributed by atoms with Crippen molar-refractivity contribution >= 4 is 28.5 Å². The van der Waals surface area contributed by atoms with E-state index in [1.807, 2.05) is 5.43 Å². The molecule has 0 heterocycles. The molecule has 7 nitrogen and oxygen atoms in total. The van der Waals surface area contributed by atoms with E-state index in [9.17, 15) is 14.7 Å². The van der Waals surface area contributed by atoms with Crippen molar-refractivity contribution in [2.75, 3.05) is 0 Å². The van der Waals surface area contributed by atoms with Gasteiger partial charge in [0.1, 0.15) is 5.84 Å². The second-order valence-corrected chi connectivity index (χ2v) is 4.09. The van der Waals surface area contributed by atoms with Gasteiger partial charge in [0.2, 0.25) is 0 Å². The number of benzene rings is 2. The van der Waals surface area contributed by atoms with Crippen LogP contribution in [0.2, 0.25) is 0 Å². The number of amides is 1.